The van der Waals surface area contributed by atoms with Crippen LogP contribution in [0.4, 0.5) is 0 Å². The van der Waals surface area contributed by atoms with E-state index in [1.807, 2.05) is 54.6 Å². The van der Waals surface area contributed by atoms with Crippen molar-refractivity contribution < 1.29 is 34.3 Å². The second kappa shape index (κ2) is 18.1. The number of carboxylic acid groups (broad SMARTS) is 1. The van der Waals surface area contributed by atoms with Crippen molar-refractivity contribution in [2.45, 2.75) is 57.1 Å². The van der Waals surface area contributed by atoms with Crippen LogP contribution < -0.4 is 19.5 Å². The Morgan fingerprint density at radius 1 is 1.02 bits per heavy atom. The first kappa shape index (κ1) is 40.9. The fraction of sp³-hybridized carbons (Fsp3) is 0.318. The van der Waals surface area contributed by atoms with Crippen LogP contribution in [0.1, 0.15) is 53.7 Å². The van der Waals surface area contributed by atoms with Gasteiger partial charge in [0.1, 0.15) is 41.7 Å². The van der Waals surface area contributed by atoms with Gasteiger partial charge < -0.3 is 29.5 Å². The minimum Gasteiger partial charge on any atom is -0.492 e. The molecule has 0 saturated carbocycles. The van der Waals surface area contributed by atoms with Gasteiger partial charge in [0.2, 0.25) is 11.8 Å². The lowest BCUT2D eigenvalue weighted by Crippen LogP contribution is -2.52. The number of pyridine rings is 2. The van der Waals surface area contributed by atoms with E-state index in [2.05, 4.69) is 32.3 Å². The summed E-state index contributed by atoms with van der Waals surface area (Å²) in [5.74, 6) is -0.182. The first-order valence-corrected chi connectivity index (χ1v) is 19.8. The smallest absolute Gasteiger partial charge is 0.326 e. The first-order valence-electron chi connectivity index (χ1n) is 19.0. The van der Waals surface area contributed by atoms with E-state index in [1.54, 1.807) is 18.3 Å². The molecule has 7 rings (SSSR count). The van der Waals surface area contributed by atoms with Crippen molar-refractivity contribution >= 4 is 29.2 Å². The summed E-state index contributed by atoms with van der Waals surface area (Å²) in [7, 11) is 0. The van der Waals surface area contributed by atoms with Crippen molar-refractivity contribution in [3.63, 3.8) is 0 Å². The Kier molecular flexibility index (Phi) is 12.8. The van der Waals surface area contributed by atoms with E-state index >= 15 is 0 Å². The molecular formula is C44H43Cl2N5O7. The molecule has 4 N–H and O–H groups in total. The number of ether oxygens (including phenoxy) is 3. The van der Waals surface area contributed by atoms with Crippen LogP contribution in [0, 0.1) is 11.3 Å². The predicted molar refractivity (Wildman–Crippen MR) is 219 cm³/mol. The number of hydrogen-bond donors (Lipinski definition) is 4. The van der Waals surface area contributed by atoms with Crippen molar-refractivity contribution in [3.8, 4) is 45.8 Å². The number of aliphatic carboxylic acids is 1. The Balaban J connectivity index is 1.10. The number of carboxylic acids is 1. The maximum atomic E-state index is 11.9. The molecule has 1 aliphatic carbocycles. The van der Waals surface area contributed by atoms with Crippen LogP contribution in [-0.2, 0) is 24.4 Å². The van der Waals surface area contributed by atoms with E-state index in [9.17, 15) is 25.4 Å². The molecule has 0 radical (unpaired) electrons. The number of rotatable bonds is 16. The number of nitriles is 1. The molecule has 14 heteroatoms. The van der Waals surface area contributed by atoms with E-state index in [0.717, 1.165) is 65.1 Å². The molecule has 2 aromatic heterocycles. The third kappa shape index (κ3) is 9.21. The number of aliphatic hydroxyl groups is 2. The van der Waals surface area contributed by atoms with Crippen LogP contribution in [0.5, 0.6) is 17.5 Å². The Morgan fingerprint density at radius 3 is 2.53 bits per heavy atom. The molecule has 0 amide bonds. The average molecular weight is 825 g/mol. The summed E-state index contributed by atoms with van der Waals surface area (Å²) in [5, 5.41) is 42.3. The highest BCUT2D eigenvalue weighted by Crippen LogP contribution is 2.45. The van der Waals surface area contributed by atoms with Gasteiger partial charge in [-0.15, -0.1) is 0 Å². The highest BCUT2D eigenvalue weighted by Gasteiger charge is 2.33. The van der Waals surface area contributed by atoms with Crippen molar-refractivity contribution in [1.29, 1.82) is 5.26 Å². The third-order valence-electron chi connectivity index (χ3n) is 10.6. The van der Waals surface area contributed by atoms with Crippen molar-refractivity contribution in [2.75, 3.05) is 32.8 Å². The summed E-state index contributed by atoms with van der Waals surface area (Å²) in [5.41, 5.74) is 5.66. The fourth-order valence-corrected chi connectivity index (χ4v) is 7.78. The summed E-state index contributed by atoms with van der Waals surface area (Å²) in [6, 6.07) is 25.3. The second-order valence-corrected chi connectivity index (χ2v) is 15.5. The normalized spacial score (nSPS) is 17.3. The fourth-order valence-electron chi connectivity index (χ4n) is 7.22. The third-order valence-corrected chi connectivity index (χ3v) is 11.3. The number of β-amino-alcohol motifs (C(OH)–C–C–N with tert-alkyl or cyclic N) is 1. The van der Waals surface area contributed by atoms with E-state index in [0.29, 0.717) is 41.3 Å². The number of benzene rings is 3. The monoisotopic (exact) mass is 823 g/mol. The van der Waals surface area contributed by atoms with Crippen LogP contribution >= 0.6 is 23.2 Å². The zero-order valence-electron chi connectivity index (χ0n) is 31.8. The van der Waals surface area contributed by atoms with Gasteiger partial charge in [0.15, 0.2) is 0 Å². The van der Waals surface area contributed by atoms with Crippen LogP contribution in [-0.4, -0.2) is 80.6 Å². The number of aromatic nitrogens is 2. The van der Waals surface area contributed by atoms with Crippen molar-refractivity contribution in [3.05, 3.63) is 123 Å². The van der Waals surface area contributed by atoms with Gasteiger partial charge in [0.05, 0.1) is 23.3 Å². The molecule has 1 saturated heterocycles. The molecule has 5 aromatic rings. The number of nitrogens with zero attached hydrogens (tertiary/aromatic N) is 4. The summed E-state index contributed by atoms with van der Waals surface area (Å²) in [6.45, 7) is 3.58. The molecular weight excluding hydrogens is 781 g/mol. The largest absolute Gasteiger partial charge is 0.492 e. The Morgan fingerprint density at radius 2 is 1.79 bits per heavy atom. The Bertz CT molecular complexity index is 2320. The molecule has 1 fully saturated rings. The topological polar surface area (TPSA) is 170 Å². The van der Waals surface area contributed by atoms with Gasteiger partial charge in [-0.05, 0) is 72.7 Å². The zero-order chi connectivity index (χ0) is 40.8. The van der Waals surface area contributed by atoms with Gasteiger partial charge in [-0.1, -0.05) is 71.7 Å². The maximum Gasteiger partial charge on any atom is 0.326 e. The summed E-state index contributed by atoms with van der Waals surface area (Å²) in [4.78, 5) is 22.8. The van der Waals surface area contributed by atoms with E-state index in [4.69, 9.17) is 37.4 Å². The highest BCUT2D eigenvalue weighted by molar-refractivity contribution is 6.36. The number of halogens is 2. The number of aliphatic hydroxyl groups excluding tert-OH is 2. The minimum atomic E-state index is -1.63. The molecule has 0 bridgehead atoms. The quantitative estimate of drug-likeness (QED) is 0.0805. The molecule has 3 heterocycles. The second-order valence-electron chi connectivity index (χ2n) is 14.7. The van der Waals surface area contributed by atoms with Crippen LogP contribution in [0.3, 0.4) is 0 Å². The molecule has 3 atom stereocenters. The van der Waals surface area contributed by atoms with Crippen LogP contribution in [0.2, 0.25) is 10.0 Å². The van der Waals surface area contributed by atoms with Crippen LogP contribution in [0.15, 0.2) is 85.2 Å². The number of fused-ring (bicyclic) bond motifs is 1. The lowest BCUT2D eigenvalue weighted by Gasteiger charge is -2.24. The SMILES string of the molecule is C[C@@](CO)(NCc1cc(Cl)c(O[C@H]2CCc3c(-c4cccc(-c5ccc(OCCN6CC[C@@H](O)C6)cc5)c4Cl)cccc32)nc1OCc1cncc(C#N)c1)C(=O)O. The van der Waals surface area contributed by atoms with Gasteiger partial charge in [-0.2, -0.15) is 10.2 Å². The number of carbonyl (C=O) groups is 1. The summed E-state index contributed by atoms with van der Waals surface area (Å²) >= 11 is 14.0. The molecule has 300 valence electrons. The van der Waals surface area contributed by atoms with Crippen molar-refractivity contribution in [1.82, 2.24) is 20.2 Å². The Hall–Kier alpha value is -5.26. The van der Waals surface area contributed by atoms with Gasteiger partial charge in [-0.25, -0.2) is 0 Å². The molecule has 3 aromatic carbocycles. The number of likely N-dealkylation sites (tertiary alicyclic amines) is 1. The molecule has 0 spiro atoms. The van der Waals surface area contributed by atoms with E-state index in [-0.39, 0.29) is 42.1 Å². The predicted octanol–water partition coefficient (Wildman–Crippen LogP) is 7.00. The standard InChI is InChI=1S/C44H43Cl2N5O7/c1-44(26-52,43(54)55)49-23-30-19-38(45)42(50-41(30)57-25-28-18-27(20-47)21-48-22-28)58-39-13-12-35-34(5-3-6-36(35)39)37-7-2-4-33(40(37)46)29-8-10-32(11-9-29)56-17-16-51-15-14-31(53)24-51/h2-11,18-19,21-22,31,39,49,52-53H,12-17,23-26H2,1H3,(H,54,55)/t31-,39+,44+/m1/s1. The lowest BCUT2D eigenvalue weighted by molar-refractivity contribution is -0.145. The molecule has 2 aliphatic rings. The maximum absolute atomic E-state index is 11.9. The van der Waals surface area contributed by atoms with Gasteiger partial charge >= 0.3 is 5.97 Å². The average Bonchev–Trinajstić information content (AvgIpc) is 3.85. The van der Waals surface area contributed by atoms with E-state index < -0.39 is 18.1 Å². The van der Waals surface area contributed by atoms with Gasteiger partial charge in [-0.3, -0.25) is 20.0 Å². The Labute approximate surface area is 346 Å². The first-order chi connectivity index (χ1) is 28.0. The molecule has 1 aliphatic heterocycles. The van der Waals surface area contributed by atoms with Crippen LogP contribution in [0.25, 0.3) is 22.3 Å². The van der Waals surface area contributed by atoms with Crippen molar-refractivity contribution in [2.24, 2.45) is 0 Å². The van der Waals surface area contributed by atoms with Gasteiger partial charge in [0, 0.05) is 60.8 Å². The number of nitrogens with one attached hydrogen (secondary N) is 1. The summed E-state index contributed by atoms with van der Waals surface area (Å²) in [6.07, 6.45) is 4.57. The molecule has 0 unspecified atom stereocenters. The minimum absolute atomic E-state index is 0.0124. The zero-order valence-corrected chi connectivity index (χ0v) is 33.3. The van der Waals surface area contributed by atoms with Gasteiger partial charge in [0.25, 0.3) is 0 Å². The molecule has 12 nitrogen and oxygen atoms in total. The number of hydrogen-bond acceptors (Lipinski definition) is 11. The lowest BCUT2D eigenvalue weighted by atomic mass is 9.94. The molecule has 58 heavy (non-hydrogen) atoms. The van der Waals surface area contributed by atoms with E-state index in [1.165, 1.54) is 13.1 Å². The highest BCUT2D eigenvalue weighted by atomic mass is 35.5. The summed E-state index contributed by atoms with van der Waals surface area (Å²) < 4.78 is 18.6.